The fourth-order valence-corrected chi connectivity index (χ4v) is 4.97. The number of benzene rings is 1. The van der Waals surface area contributed by atoms with E-state index in [1.807, 2.05) is 19.2 Å². The largest absolute Gasteiger partial charge is 0.405 e. The molecule has 0 spiro atoms. The summed E-state index contributed by atoms with van der Waals surface area (Å²) in [7, 11) is 1.37. The highest BCUT2D eigenvalue weighted by Crippen LogP contribution is 2.46. The van der Waals surface area contributed by atoms with Gasteiger partial charge in [0.25, 0.3) is 11.8 Å². The fourth-order valence-electron chi connectivity index (χ4n) is 4.97. The van der Waals surface area contributed by atoms with Gasteiger partial charge in [-0.05, 0) is 87.3 Å². The van der Waals surface area contributed by atoms with E-state index >= 15 is 4.39 Å². The van der Waals surface area contributed by atoms with Crippen molar-refractivity contribution in [3.63, 3.8) is 0 Å². The van der Waals surface area contributed by atoms with Gasteiger partial charge in [0.2, 0.25) is 5.91 Å². The van der Waals surface area contributed by atoms with Crippen LogP contribution in [0.2, 0.25) is 0 Å². The van der Waals surface area contributed by atoms with Gasteiger partial charge in [-0.2, -0.15) is 18.3 Å². The molecule has 2 saturated carbocycles. The highest BCUT2D eigenvalue weighted by atomic mass is 19.4. The zero-order chi connectivity index (χ0) is 30.8. The zero-order valence-corrected chi connectivity index (χ0v) is 23.9. The number of carbonyl (C=O) groups excluding carboxylic acids is 3. The second-order valence-corrected chi connectivity index (χ2v) is 11.0. The van der Waals surface area contributed by atoms with Crippen LogP contribution in [0.4, 0.5) is 23.2 Å². The number of nitrogens with one attached hydrogen (secondary N) is 3. The Labute approximate surface area is 241 Å². The predicted octanol–water partition coefficient (Wildman–Crippen LogP) is 4.77. The molecule has 3 amide bonds. The summed E-state index contributed by atoms with van der Waals surface area (Å²) < 4.78 is 59.9. The van der Waals surface area contributed by atoms with Gasteiger partial charge in [-0.1, -0.05) is 5.57 Å². The van der Waals surface area contributed by atoms with Gasteiger partial charge in [0.05, 0.1) is 18.2 Å². The molecule has 2 aromatic rings. The Morgan fingerprint density at radius 1 is 1.12 bits per heavy atom. The molecule has 2 fully saturated rings. The molecule has 0 saturated heterocycles. The second kappa shape index (κ2) is 12.6. The second-order valence-electron chi connectivity index (χ2n) is 11.0. The number of alkyl halides is 3. The minimum absolute atomic E-state index is 0.0912. The van der Waals surface area contributed by atoms with Crippen molar-refractivity contribution in [1.29, 1.82) is 0 Å². The summed E-state index contributed by atoms with van der Waals surface area (Å²) in [6.07, 6.45) is 0.328. The Morgan fingerprint density at radius 3 is 2.38 bits per heavy atom. The van der Waals surface area contributed by atoms with Gasteiger partial charge >= 0.3 is 6.18 Å². The maximum atomic E-state index is 15.4. The fraction of sp³-hybridized carbons (Fsp3) is 0.517. The average Bonchev–Trinajstić information content (AvgIpc) is 3.87. The molecule has 42 heavy (non-hydrogen) atoms. The first-order valence-electron chi connectivity index (χ1n) is 13.8. The van der Waals surface area contributed by atoms with Crippen molar-refractivity contribution in [1.82, 2.24) is 20.4 Å². The van der Waals surface area contributed by atoms with E-state index < -0.39 is 48.2 Å². The monoisotopic (exact) mass is 593 g/mol. The Morgan fingerprint density at radius 2 is 1.81 bits per heavy atom. The van der Waals surface area contributed by atoms with E-state index in [0.29, 0.717) is 5.56 Å². The van der Waals surface area contributed by atoms with Crippen LogP contribution in [0.5, 0.6) is 0 Å². The summed E-state index contributed by atoms with van der Waals surface area (Å²) in [6, 6.07) is 2.73. The quantitative estimate of drug-likeness (QED) is 0.242. The lowest BCUT2D eigenvalue weighted by Crippen LogP contribution is -2.46. The summed E-state index contributed by atoms with van der Waals surface area (Å²) >= 11 is 0. The van der Waals surface area contributed by atoms with Crippen LogP contribution in [0.3, 0.4) is 0 Å². The molecule has 4 rings (SSSR count). The van der Waals surface area contributed by atoms with Crippen molar-refractivity contribution in [2.24, 2.45) is 5.92 Å². The number of carbonyl (C=O) groups is 3. The molecule has 2 atom stereocenters. The number of methoxy groups -OCH3 is 1. The van der Waals surface area contributed by atoms with Crippen LogP contribution >= 0.6 is 0 Å². The van der Waals surface area contributed by atoms with Crippen molar-refractivity contribution in [2.75, 3.05) is 19.0 Å². The zero-order valence-electron chi connectivity index (χ0n) is 23.9. The Kier molecular flexibility index (Phi) is 9.39. The van der Waals surface area contributed by atoms with Crippen LogP contribution in [0.15, 0.2) is 35.5 Å². The summed E-state index contributed by atoms with van der Waals surface area (Å²) in [5, 5.41) is 11.4. The predicted molar refractivity (Wildman–Crippen MR) is 146 cm³/mol. The van der Waals surface area contributed by atoms with Crippen LogP contribution in [0, 0.1) is 11.7 Å². The van der Waals surface area contributed by atoms with Crippen molar-refractivity contribution >= 4 is 23.4 Å². The third kappa shape index (κ3) is 7.55. The van der Waals surface area contributed by atoms with E-state index in [1.54, 1.807) is 10.7 Å². The Hall–Kier alpha value is -3.74. The van der Waals surface area contributed by atoms with E-state index in [4.69, 9.17) is 4.74 Å². The van der Waals surface area contributed by atoms with Gasteiger partial charge in [-0.15, -0.1) is 0 Å². The highest BCUT2D eigenvalue weighted by molar-refractivity contribution is 6.02. The van der Waals surface area contributed by atoms with Gasteiger partial charge in [-0.3, -0.25) is 19.1 Å². The molecule has 1 unspecified atom stereocenters. The number of rotatable bonds is 12. The van der Waals surface area contributed by atoms with E-state index in [9.17, 15) is 27.6 Å². The first kappa shape index (κ1) is 31.2. The van der Waals surface area contributed by atoms with Gasteiger partial charge in [-0.25, -0.2) is 4.39 Å². The number of ether oxygens (including phenoxy) is 1. The number of hydrogen-bond donors (Lipinski definition) is 3. The number of anilines is 1. The number of hydrogen-bond acceptors (Lipinski definition) is 5. The van der Waals surface area contributed by atoms with Crippen LogP contribution < -0.4 is 16.0 Å². The first-order chi connectivity index (χ1) is 19.8. The van der Waals surface area contributed by atoms with Gasteiger partial charge < -0.3 is 20.7 Å². The highest BCUT2D eigenvalue weighted by Gasteiger charge is 2.40. The van der Waals surface area contributed by atoms with Crippen molar-refractivity contribution in [3.8, 4) is 0 Å². The van der Waals surface area contributed by atoms with Crippen molar-refractivity contribution in [3.05, 3.63) is 58.2 Å². The summed E-state index contributed by atoms with van der Waals surface area (Å²) in [6.45, 7) is 3.50. The molecule has 1 aromatic heterocycles. The number of allylic oxidation sites excluding steroid dienone is 1. The van der Waals surface area contributed by atoms with Gasteiger partial charge in [0, 0.05) is 19.3 Å². The van der Waals surface area contributed by atoms with Gasteiger partial charge in [0.1, 0.15) is 24.1 Å². The number of halogens is 4. The van der Waals surface area contributed by atoms with Crippen LogP contribution in [-0.4, -0.2) is 53.4 Å². The third-order valence-corrected chi connectivity index (χ3v) is 7.28. The molecule has 3 N–H and O–H groups in total. The number of amides is 3. The molecule has 2 aliphatic carbocycles. The number of aromatic nitrogens is 2. The molecular weight excluding hydrogens is 558 g/mol. The van der Waals surface area contributed by atoms with E-state index in [2.05, 4.69) is 15.7 Å². The molecule has 0 aliphatic heterocycles. The SMILES string of the molecule is COCc1cc(NC(=O)[C@@H](NC(=O)c2ccnn2C(C)C)C(=C2CC2)C2CC2)c(F)cc1C(C)C(=O)NCC(F)(F)F. The molecule has 2 aliphatic rings. The summed E-state index contributed by atoms with van der Waals surface area (Å²) in [5.74, 6) is -3.92. The molecular formula is C29H35F4N5O4. The molecule has 13 heteroatoms. The topological polar surface area (TPSA) is 114 Å². The average molecular weight is 594 g/mol. The van der Waals surface area contributed by atoms with E-state index in [-0.39, 0.29) is 35.5 Å². The normalized spacial score (nSPS) is 16.2. The van der Waals surface area contributed by atoms with Crippen LogP contribution in [0.25, 0.3) is 0 Å². The summed E-state index contributed by atoms with van der Waals surface area (Å²) in [5.41, 5.74) is 2.46. The molecule has 0 radical (unpaired) electrons. The molecule has 0 bridgehead atoms. The van der Waals surface area contributed by atoms with Crippen LogP contribution in [-0.2, 0) is 20.9 Å². The lowest BCUT2D eigenvalue weighted by molar-refractivity contribution is -0.139. The number of nitrogens with zero attached hydrogens (tertiary/aromatic N) is 2. The standard InChI is InChI=1S/C29H35F4N5O4/c1-15(2)38-23(9-10-35-38)27(40)37-25(24(17-5-6-17)18-7-8-18)28(41)36-22-11-19(13-42-4)20(12-21(22)30)16(3)26(39)34-14-29(31,32)33/h9-12,15-17,25H,5-8,13-14H2,1-4H3,(H,34,39)(H,36,41)(H,37,40)/t16?,25-/m0/s1. The first-order valence-corrected chi connectivity index (χ1v) is 13.8. The summed E-state index contributed by atoms with van der Waals surface area (Å²) in [4.78, 5) is 39.4. The lowest BCUT2D eigenvalue weighted by atomic mass is 9.94. The van der Waals surface area contributed by atoms with E-state index in [0.717, 1.165) is 42.9 Å². The van der Waals surface area contributed by atoms with Crippen LogP contribution in [0.1, 0.15) is 80.0 Å². The minimum Gasteiger partial charge on any atom is -0.380 e. The maximum absolute atomic E-state index is 15.4. The van der Waals surface area contributed by atoms with Gasteiger partial charge in [0.15, 0.2) is 0 Å². The smallest absolute Gasteiger partial charge is 0.380 e. The Balaban J connectivity index is 1.60. The minimum atomic E-state index is -4.60. The Bertz CT molecular complexity index is 1370. The van der Waals surface area contributed by atoms with Crippen molar-refractivity contribution < 1.29 is 36.7 Å². The maximum Gasteiger partial charge on any atom is 0.405 e. The lowest BCUT2D eigenvalue weighted by Gasteiger charge is -2.23. The van der Waals surface area contributed by atoms with E-state index in [1.165, 1.54) is 26.3 Å². The third-order valence-electron chi connectivity index (χ3n) is 7.28. The molecule has 1 aromatic carbocycles. The molecule has 1 heterocycles. The van der Waals surface area contributed by atoms with Crippen molar-refractivity contribution in [2.45, 2.75) is 77.2 Å². The molecule has 228 valence electrons. The molecule has 9 nitrogen and oxygen atoms in total.